The fourth-order valence-electron chi connectivity index (χ4n) is 6.65. The van der Waals surface area contributed by atoms with Crippen molar-refractivity contribution < 1.29 is 10.2 Å². The molecule has 6 aromatic rings. The second-order valence-corrected chi connectivity index (χ2v) is 10.7. The summed E-state index contributed by atoms with van der Waals surface area (Å²) >= 11 is 0. The van der Waals surface area contributed by atoms with E-state index in [9.17, 15) is 10.2 Å². The zero-order valence-corrected chi connectivity index (χ0v) is 21.8. The molecule has 2 nitrogen and oxygen atoms in total. The van der Waals surface area contributed by atoms with Crippen LogP contribution in [0.2, 0.25) is 0 Å². The van der Waals surface area contributed by atoms with Gasteiger partial charge in [-0.2, -0.15) is 0 Å². The lowest BCUT2D eigenvalue weighted by atomic mass is 9.92. The molecule has 0 saturated carbocycles. The second-order valence-electron chi connectivity index (χ2n) is 10.7. The predicted molar refractivity (Wildman–Crippen MR) is 162 cm³/mol. The standard InChI is InChI=1S/C38H26O2/c39-37-33-9-3-1-7-29(33)31-13-5-11-27(35(31)37)25-19-15-23(16-20-25)24-17-21-26(22-18-24)28-12-6-14-32-30-8-2-4-10-34(30)38(40)36(28)32/h1-22,37-40H. The molecule has 6 aromatic carbocycles. The lowest BCUT2D eigenvalue weighted by Gasteiger charge is -2.14. The Morgan fingerprint density at radius 3 is 1.05 bits per heavy atom. The normalized spacial score (nSPS) is 16.2. The third-order valence-corrected chi connectivity index (χ3v) is 8.58. The fourth-order valence-corrected chi connectivity index (χ4v) is 6.65. The second kappa shape index (κ2) is 8.89. The average Bonchev–Trinajstić information content (AvgIpc) is 3.49. The molecule has 2 unspecified atom stereocenters. The van der Waals surface area contributed by atoms with Gasteiger partial charge in [-0.25, -0.2) is 0 Å². The highest BCUT2D eigenvalue weighted by atomic mass is 16.3. The molecule has 0 heterocycles. The van der Waals surface area contributed by atoms with Crippen molar-refractivity contribution in [1.82, 2.24) is 0 Å². The van der Waals surface area contributed by atoms with E-state index in [4.69, 9.17) is 0 Å². The molecule has 0 aromatic heterocycles. The van der Waals surface area contributed by atoms with Gasteiger partial charge in [-0.3, -0.25) is 0 Å². The van der Waals surface area contributed by atoms with E-state index in [1.807, 2.05) is 36.4 Å². The van der Waals surface area contributed by atoms with Crippen molar-refractivity contribution in [3.05, 3.63) is 156 Å². The highest BCUT2D eigenvalue weighted by molar-refractivity contribution is 5.88. The lowest BCUT2D eigenvalue weighted by Crippen LogP contribution is -1.97. The maximum absolute atomic E-state index is 11.1. The molecule has 0 saturated heterocycles. The molecule has 0 fully saturated rings. The summed E-state index contributed by atoms with van der Waals surface area (Å²) in [6.45, 7) is 0. The van der Waals surface area contributed by atoms with Gasteiger partial charge < -0.3 is 10.2 Å². The van der Waals surface area contributed by atoms with E-state index >= 15 is 0 Å². The van der Waals surface area contributed by atoms with Crippen LogP contribution >= 0.6 is 0 Å². The maximum Gasteiger partial charge on any atom is 0.106 e. The van der Waals surface area contributed by atoms with Crippen molar-refractivity contribution in [2.24, 2.45) is 0 Å². The molecule has 0 amide bonds. The minimum atomic E-state index is -0.611. The highest BCUT2D eigenvalue weighted by Crippen LogP contribution is 2.49. The van der Waals surface area contributed by atoms with Crippen LogP contribution in [0, 0.1) is 0 Å². The van der Waals surface area contributed by atoms with E-state index < -0.39 is 12.2 Å². The van der Waals surface area contributed by atoms with Crippen LogP contribution in [0.15, 0.2) is 133 Å². The molecule has 2 aliphatic carbocycles. The van der Waals surface area contributed by atoms with Crippen molar-refractivity contribution in [3.8, 4) is 55.6 Å². The zero-order valence-electron chi connectivity index (χ0n) is 21.8. The first-order chi connectivity index (χ1) is 19.7. The van der Waals surface area contributed by atoms with Crippen LogP contribution in [0.3, 0.4) is 0 Å². The first-order valence-electron chi connectivity index (χ1n) is 13.7. The van der Waals surface area contributed by atoms with Gasteiger partial charge in [0, 0.05) is 11.1 Å². The van der Waals surface area contributed by atoms with Crippen LogP contribution in [0.4, 0.5) is 0 Å². The van der Waals surface area contributed by atoms with Crippen molar-refractivity contribution in [2.75, 3.05) is 0 Å². The maximum atomic E-state index is 11.1. The van der Waals surface area contributed by atoms with Gasteiger partial charge >= 0.3 is 0 Å². The van der Waals surface area contributed by atoms with Crippen LogP contribution in [0.5, 0.6) is 0 Å². The Hall–Kier alpha value is -4.76. The number of aliphatic hydroxyl groups is 2. The smallest absolute Gasteiger partial charge is 0.106 e. The number of benzene rings is 6. The van der Waals surface area contributed by atoms with Crippen molar-refractivity contribution in [3.63, 3.8) is 0 Å². The van der Waals surface area contributed by atoms with Gasteiger partial charge in [0.05, 0.1) is 0 Å². The quantitative estimate of drug-likeness (QED) is 0.248. The van der Waals surface area contributed by atoms with E-state index in [0.29, 0.717) is 0 Å². The van der Waals surface area contributed by atoms with Crippen LogP contribution < -0.4 is 0 Å². The molecule has 2 atom stereocenters. The minimum absolute atomic E-state index is 0.611. The van der Waals surface area contributed by atoms with E-state index in [0.717, 1.165) is 77.9 Å². The Kier molecular flexibility index (Phi) is 5.15. The van der Waals surface area contributed by atoms with Gasteiger partial charge in [0.25, 0.3) is 0 Å². The summed E-state index contributed by atoms with van der Waals surface area (Å²) < 4.78 is 0. The topological polar surface area (TPSA) is 40.5 Å². The van der Waals surface area contributed by atoms with Gasteiger partial charge in [0.2, 0.25) is 0 Å². The van der Waals surface area contributed by atoms with E-state index in [2.05, 4.69) is 97.1 Å². The van der Waals surface area contributed by atoms with E-state index in [1.165, 1.54) is 0 Å². The van der Waals surface area contributed by atoms with Gasteiger partial charge in [-0.15, -0.1) is 0 Å². The summed E-state index contributed by atoms with van der Waals surface area (Å²) in [5.41, 5.74) is 15.0. The summed E-state index contributed by atoms with van der Waals surface area (Å²) in [6, 6.07) is 46.0. The molecule has 190 valence electrons. The molecule has 2 aliphatic rings. The Morgan fingerprint density at radius 2 is 0.625 bits per heavy atom. The van der Waals surface area contributed by atoms with Gasteiger partial charge in [-0.1, -0.05) is 133 Å². The highest BCUT2D eigenvalue weighted by Gasteiger charge is 2.30. The Balaban J connectivity index is 1.11. The first-order valence-corrected chi connectivity index (χ1v) is 13.7. The number of fused-ring (bicyclic) bond motifs is 6. The summed E-state index contributed by atoms with van der Waals surface area (Å²) in [4.78, 5) is 0. The number of rotatable bonds is 3. The van der Waals surface area contributed by atoms with Crippen LogP contribution in [0.1, 0.15) is 34.5 Å². The molecule has 0 radical (unpaired) electrons. The van der Waals surface area contributed by atoms with Gasteiger partial charge in [0.15, 0.2) is 0 Å². The molecule has 40 heavy (non-hydrogen) atoms. The summed E-state index contributed by atoms with van der Waals surface area (Å²) in [5, 5.41) is 22.3. The number of hydrogen-bond acceptors (Lipinski definition) is 2. The van der Waals surface area contributed by atoms with E-state index in [1.54, 1.807) is 0 Å². The minimum Gasteiger partial charge on any atom is -0.384 e. The summed E-state index contributed by atoms with van der Waals surface area (Å²) in [5.74, 6) is 0. The average molecular weight is 515 g/mol. The monoisotopic (exact) mass is 514 g/mol. The van der Waals surface area contributed by atoms with Gasteiger partial charge in [-0.05, 0) is 66.8 Å². The first kappa shape index (κ1) is 23.2. The predicted octanol–water partition coefficient (Wildman–Crippen LogP) is 8.81. The molecule has 0 bridgehead atoms. The van der Waals surface area contributed by atoms with Crippen LogP contribution in [-0.2, 0) is 0 Å². The SMILES string of the molecule is OC1c2ccccc2-c2cccc(-c3ccc(-c4ccc(-c5cccc6c5C(O)c5ccccc5-6)cc4)cc3)c21. The molecular formula is C38H26O2. The largest absolute Gasteiger partial charge is 0.384 e. The van der Waals surface area contributed by atoms with Crippen LogP contribution in [0.25, 0.3) is 55.6 Å². The third-order valence-electron chi connectivity index (χ3n) is 8.58. The molecule has 2 heteroatoms. The number of aliphatic hydroxyl groups excluding tert-OH is 2. The Morgan fingerprint density at radius 1 is 0.300 bits per heavy atom. The van der Waals surface area contributed by atoms with Crippen molar-refractivity contribution >= 4 is 0 Å². The van der Waals surface area contributed by atoms with Crippen molar-refractivity contribution in [1.29, 1.82) is 0 Å². The molecule has 0 aliphatic heterocycles. The third kappa shape index (κ3) is 3.37. The Labute approximate surface area is 233 Å². The zero-order chi connectivity index (χ0) is 26.8. The number of hydrogen-bond donors (Lipinski definition) is 2. The van der Waals surface area contributed by atoms with Gasteiger partial charge in [0.1, 0.15) is 12.2 Å². The molecule has 0 spiro atoms. The Bertz CT molecular complexity index is 1770. The molecule has 8 rings (SSSR count). The summed E-state index contributed by atoms with van der Waals surface area (Å²) in [6.07, 6.45) is -1.22. The molecular weight excluding hydrogens is 488 g/mol. The lowest BCUT2D eigenvalue weighted by molar-refractivity contribution is 0.225. The van der Waals surface area contributed by atoms with Crippen molar-refractivity contribution in [2.45, 2.75) is 12.2 Å². The van der Waals surface area contributed by atoms with E-state index in [-0.39, 0.29) is 0 Å². The molecule has 2 N–H and O–H groups in total. The van der Waals surface area contributed by atoms with Crippen LogP contribution in [-0.4, -0.2) is 10.2 Å². The fraction of sp³-hybridized carbons (Fsp3) is 0.0526. The summed E-state index contributed by atoms with van der Waals surface area (Å²) in [7, 11) is 0.